The quantitative estimate of drug-likeness (QED) is 0.779. The summed E-state index contributed by atoms with van der Waals surface area (Å²) in [4.78, 5) is 0. The minimum atomic E-state index is 0.440. The van der Waals surface area contributed by atoms with E-state index >= 15 is 0 Å². The van der Waals surface area contributed by atoms with Crippen molar-refractivity contribution in [2.75, 3.05) is 18.1 Å². The normalized spacial score (nSPS) is 13.0. The van der Waals surface area contributed by atoms with Gasteiger partial charge in [0.25, 0.3) is 0 Å². The molecule has 20 heavy (non-hydrogen) atoms. The molecule has 1 nitrogen and oxygen atoms in total. The molecule has 1 unspecified atom stereocenters. The molecule has 2 rings (SSSR count). The SMILES string of the molecule is CCNC(CSCC(C)C)c1cccc2ccccc12. The molecule has 0 amide bonds. The van der Waals surface area contributed by atoms with Gasteiger partial charge in [-0.05, 0) is 34.6 Å². The molecular formula is C18H25NS. The van der Waals surface area contributed by atoms with Crippen molar-refractivity contribution in [2.45, 2.75) is 26.8 Å². The first-order valence-corrected chi connectivity index (χ1v) is 8.66. The Morgan fingerprint density at radius 3 is 2.50 bits per heavy atom. The summed E-state index contributed by atoms with van der Waals surface area (Å²) in [5.41, 5.74) is 1.43. The number of hydrogen-bond donors (Lipinski definition) is 1. The van der Waals surface area contributed by atoms with Gasteiger partial charge < -0.3 is 5.32 Å². The van der Waals surface area contributed by atoms with E-state index in [1.54, 1.807) is 0 Å². The summed E-state index contributed by atoms with van der Waals surface area (Å²) in [5, 5.41) is 6.36. The average Bonchev–Trinajstić information content (AvgIpc) is 2.45. The molecule has 1 N–H and O–H groups in total. The molecule has 2 heteroatoms. The molecule has 0 aliphatic heterocycles. The Kier molecular flexibility index (Phi) is 5.93. The van der Waals surface area contributed by atoms with Gasteiger partial charge in [0.15, 0.2) is 0 Å². The molecule has 2 aromatic rings. The van der Waals surface area contributed by atoms with Gasteiger partial charge in [-0.2, -0.15) is 11.8 Å². The second kappa shape index (κ2) is 7.70. The van der Waals surface area contributed by atoms with E-state index in [0.29, 0.717) is 6.04 Å². The third kappa shape index (κ3) is 4.00. The molecule has 0 fully saturated rings. The monoisotopic (exact) mass is 287 g/mol. The van der Waals surface area contributed by atoms with Crippen LogP contribution in [0.4, 0.5) is 0 Å². The second-order valence-electron chi connectivity index (χ2n) is 5.61. The molecule has 0 saturated heterocycles. The predicted molar refractivity (Wildman–Crippen MR) is 92.5 cm³/mol. The standard InChI is InChI=1S/C18H25NS/c1-4-19-18(13-20-12-14(2)3)17-11-7-9-15-8-5-6-10-16(15)17/h5-11,14,18-19H,4,12-13H2,1-3H3. The van der Waals surface area contributed by atoms with Gasteiger partial charge in [0.05, 0.1) is 0 Å². The molecule has 0 aliphatic carbocycles. The van der Waals surface area contributed by atoms with Crippen molar-refractivity contribution in [3.8, 4) is 0 Å². The third-order valence-electron chi connectivity index (χ3n) is 3.39. The van der Waals surface area contributed by atoms with Crippen LogP contribution < -0.4 is 5.32 Å². The third-order valence-corrected chi connectivity index (χ3v) is 4.86. The number of fused-ring (bicyclic) bond motifs is 1. The lowest BCUT2D eigenvalue weighted by Gasteiger charge is -2.20. The molecule has 1 atom stereocenters. The molecule has 0 saturated carbocycles. The minimum Gasteiger partial charge on any atom is -0.309 e. The minimum absolute atomic E-state index is 0.440. The first-order chi connectivity index (χ1) is 9.72. The molecule has 0 aliphatic rings. The van der Waals surface area contributed by atoms with Crippen LogP contribution >= 0.6 is 11.8 Å². The Balaban J connectivity index is 2.22. The highest BCUT2D eigenvalue weighted by Gasteiger charge is 2.13. The van der Waals surface area contributed by atoms with Crippen molar-refractivity contribution >= 4 is 22.5 Å². The lowest BCUT2D eigenvalue weighted by Crippen LogP contribution is -2.23. The fourth-order valence-corrected chi connectivity index (χ4v) is 3.62. The van der Waals surface area contributed by atoms with Gasteiger partial charge in [-0.15, -0.1) is 0 Å². The Labute approximate surface area is 127 Å². The number of thioether (sulfide) groups is 1. The van der Waals surface area contributed by atoms with Crippen molar-refractivity contribution < 1.29 is 0 Å². The Morgan fingerprint density at radius 2 is 1.75 bits per heavy atom. The maximum Gasteiger partial charge on any atom is 0.0417 e. The van der Waals surface area contributed by atoms with Gasteiger partial charge in [-0.25, -0.2) is 0 Å². The highest BCUT2D eigenvalue weighted by atomic mass is 32.2. The summed E-state index contributed by atoms with van der Waals surface area (Å²) < 4.78 is 0. The van der Waals surface area contributed by atoms with Crippen LogP contribution in [0.1, 0.15) is 32.4 Å². The number of rotatable bonds is 7. The topological polar surface area (TPSA) is 12.0 Å². The maximum absolute atomic E-state index is 3.64. The summed E-state index contributed by atoms with van der Waals surface area (Å²) in [6.45, 7) is 7.77. The van der Waals surface area contributed by atoms with E-state index in [9.17, 15) is 0 Å². The van der Waals surface area contributed by atoms with Gasteiger partial charge in [-0.1, -0.05) is 63.2 Å². The molecule has 108 valence electrons. The number of benzene rings is 2. The highest BCUT2D eigenvalue weighted by molar-refractivity contribution is 7.99. The second-order valence-corrected chi connectivity index (χ2v) is 6.68. The van der Waals surface area contributed by atoms with Crippen molar-refractivity contribution in [1.29, 1.82) is 0 Å². The maximum atomic E-state index is 3.64. The van der Waals surface area contributed by atoms with E-state index in [-0.39, 0.29) is 0 Å². The zero-order valence-electron chi connectivity index (χ0n) is 12.7. The summed E-state index contributed by atoms with van der Waals surface area (Å²) in [5.74, 6) is 3.13. The smallest absolute Gasteiger partial charge is 0.0417 e. The fourth-order valence-electron chi connectivity index (χ4n) is 2.48. The van der Waals surface area contributed by atoms with Crippen LogP contribution in [0.5, 0.6) is 0 Å². The van der Waals surface area contributed by atoms with Gasteiger partial charge >= 0.3 is 0 Å². The molecule has 0 spiro atoms. The number of nitrogens with one attached hydrogen (secondary N) is 1. The first-order valence-electron chi connectivity index (χ1n) is 7.51. The van der Waals surface area contributed by atoms with Crippen molar-refractivity contribution in [2.24, 2.45) is 5.92 Å². The van der Waals surface area contributed by atoms with E-state index < -0.39 is 0 Å². The Morgan fingerprint density at radius 1 is 1.00 bits per heavy atom. The summed E-state index contributed by atoms with van der Waals surface area (Å²) in [6, 6.07) is 15.8. The lowest BCUT2D eigenvalue weighted by molar-refractivity contribution is 0.608. The molecule has 2 aromatic carbocycles. The Hall–Kier alpha value is -0.990. The largest absolute Gasteiger partial charge is 0.309 e. The van der Waals surface area contributed by atoms with E-state index in [2.05, 4.69) is 80.3 Å². The van der Waals surface area contributed by atoms with Crippen LogP contribution in [0.3, 0.4) is 0 Å². The molecule has 0 aromatic heterocycles. The summed E-state index contributed by atoms with van der Waals surface area (Å²) in [6.07, 6.45) is 0. The van der Waals surface area contributed by atoms with E-state index in [1.807, 2.05) is 0 Å². The van der Waals surface area contributed by atoms with Gasteiger partial charge in [0.1, 0.15) is 0 Å². The van der Waals surface area contributed by atoms with E-state index in [1.165, 1.54) is 22.1 Å². The zero-order valence-corrected chi connectivity index (χ0v) is 13.5. The fraction of sp³-hybridized carbons (Fsp3) is 0.444. The molecule has 0 radical (unpaired) electrons. The van der Waals surface area contributed by atoms with Crippen LogP contribution in [0.15, 0.2) is 42.5 Å². The van der Waals surface area contributed by atoms with Crippen molar-refractivity contribution in [3.05, 3.63) is 48.0 Å². The first kappa shape index (κ1) is 15.4. The van der Waals surface area contributed by atoms with Crippen LogP contribution in [0.25, 0.3) is 10.8 Å². The molecule has 0 heterocycles. The molecule has 0 bridgehead atoms. The Bertz CT molecular complexity index is 530. The lowest BCUT2D eigenvalue weighted by atomic mass is 9.99. The van der Waals surface area contributed by atoms with Crippen LogP contribution in [0.2, 0.25) is 0 Å². The van der Waals surface area contributed by atoms with Crippen molar-refractivity contribution in [1.82, 2.24) is 5.32 Å². The average molecular weight is 287 g/mol. The van der Waals surface area contributed by atoms with Gasteiger partial charge in [0.2, 0.25) is 0 Å². The zero-order chi connectivity index (χ0) is 14.4. The highest BCUT2D eigenvalue weighted by Crippen LogP contribution is 2.27. The summed E-state index contributed by atoms with van der Waals surface area (Å²) >= 11 is 2.05. The van der Waals surface area contributed by atoms with Gasteiger partial charge in [0, 0.05) is 11.8 Å². The van der Waals surface area contributed by atoms with E-state index in [4.69, 9.17) is 0 Å². The van der Waals surface area contributed by atoms with Crippen LogP contribution in [0, 0.1) is 5.92 Å². The predicted octanol–water partition coefficient (Wildman–Crippen LogP) is 4.88. The van der Waals surface area contributed by atoms with Crippen molar-refractivity contribution in [3.63, 3.8) is 0 Å². The van der Waals surface area contributed by atoms with Crippen LogP contribution in [-0.2, 0) is 0 Å². The van der Waals surface area contributed by atoms with Gasteiger partial charge in [-0.3, -0.25) is 0 Å². The molecular weight excluding hydrogens is 262 g/mol. The number of hydrogen-bond acceptors (Lipinski definition) is 2. The summed E-state index contributed by atoms with van der Waals surface area (Å²) in [7, 11) is 0. The van der Waals surface area contributed by atoms with E-state index in [0.717, 1.165) is 18.2 Å². The van der Waals surface area contributed by atoms with Crippen LogP contribution in [-0.4, -0.2) is 18.1 Å².